The van der Waals surface area contributed by atoms with E-state index >= 15 is 0 Å². The van der Waals surface area contributed by atoms with Crippen molar-refractivity contribution >= 4 is 0 Å². The summed E-state index contributed by atoms with van der Waals surface area (Å²) in [7, 11) is 0. The first kappa shape index (κ1) is 2050. The van der Waals surface area contributed by atoms with E-state index in [-0.39, 0.29) is 56.4 Å². The molecule has 0 aliphatic carbocycles. The Morgan fingerprint density at radius 3 is 0.286 bits per heavy atom. The van der Waals surface area contributed by atoms with E-state index in [1.165, 1.54) is 0 Å². The van der Waals surface area contributed by atoms with Gasteiger partial charge in [0, 0.05) is 19.5 Å². The van der Waals surface area contributed by atoms with Crippen molar-refractivity contribution in [3.8, 4) is 0 Å². The molecule has 0 heterocycles. The normalized spacial score (nSPS) is 0. The number of hydrogen-bond acceptors (Lipinski definition) is 0. The molecule has 0 aromatic carbocycles. The van der Waals surface area contributed by atoms with Gasteiger partial charge in [-0.1, -0.05) is 0 Å². The Balaban J connectivity index is 0. The van der Waals surface area contributed by atoms with Crippen LogP contribution in [0.5, 0.6) is 0 Å². The summed E-state index contributed by atoms with van der Waals surface area (Å²) in [6.45, 7) is 0. The van der Waals surface area contributed by atoms with Gasteiger partial charge in [0.05, 0.1) is 0 Å². The fourth-order valence-electron chi connectivity index (χ4n) is 0. The first-order valence-electron chi connectivity index (χ1n) is 0. The second-order valence-electron chi connectivity index (χ2n) is 0. The van der Waals surface area contributed by atoms with Crippen LogP contribution in [-0.2, 0) is 19.5 Å². The van der Waals surface area contributed by atoms with Crippen LogP contribution >= 0.6 is 0 Å². The molecule has 12 N–H and O–H groups in total. The second-order valence-corrected chi connectivity index (χ2v) is 0. The molecule has 0 aliphatic rings. The van der Waals surface area contributed by atoms with Crippen LogP contribution in [0.3, 0.4) is 0 Å². The number of hydrogen-bond donors (Lipinski definition) is 0. The minimum absolute atomic E-state index is 0. The van der Waals surface area contributed by atoms with Crippen LogP contribution in [0, 0.1) is 0 Å². The number of rotatable bonds is 0. The molecule has 0 aromatic rings. The first-order valence-corrected chi connectivity index (χ1v) is 0. The Bertz CT molecular complexity index is 4.14. The van der Waals surface area contributed by atoms with Gasteiger partial charge in [0.25, 0.3) is 0 Å². The topological polar surface area (TPSA) is 201 Å². The van der Waals surface area contributed by atoms with E-state index in [1.54, 1.807) is 0 Å². The maximum absolute atomic E-state index is 0. The summed E-state index contributed by atoms with van der Waals surface area (Å²) in [5.41, 5.74) is 0. The summed E-state index contributed by atoms with van der Waals surface area (Å²) in [6, 6.07) is 0. The molecule has 0 saturated heterocycles. The van der Waals surface area contributed by atoms with Crippen molar-refractivity contribution in [3.63, 3.8) is 0 Å². The molecule has 57 valence electrons. The molecule has 0 aromatic heterocycles. The fraction of sp³-hybridized carbons (Fsp3) is 0. The summed E-state index contributed by atoms with van der Waals surface area (Å²) < 4.78 is 0. The van der Waals surface area contributed by atoms with Gasteiger partial charge in [0.2, 0.25) is 0 Å². The zero-order valence-electron chi connectivity index (χ0n) is 3.80. The third-order valence-corrected chi connectivity index (χ3v) is 0. The van der Waals surface area contributed by atoms with Crippen LogP contribution in [0.25, 0.3) is 36.9 Å². The van der Waals surface area contributed by atoms with Gasteiger partial charge in [0.1, 0.15) is 0 Å². The Kier molecular flexibility index (Phi) is 368000. The SMILES string of the molecule is [NH2-].[NH2-].[NH2-].[NH2-].[NH2-].[NH2-].[Rh]. The molecule has 0 rings (SSSR count). The van der Waals surface area contributed by atoms with Crippen molar-refractivity contribution in [1.82, 2.24) is 0 Å². The average Bonchev–Trinajstić information content (AvgIpc) is 0. The molecule has 0 saturated carbocycles. The molecule has 0 aliphatic heterocycles. The molecule has 0 amide bonds. The first-order chi connectivity index (χ1) is 0. The van der Waals surface area contributed by atoms with Gasteiger partial charge in [-0.15, -0.1) is 0 Å². The molecule has 7 heavy (non-hydrogen) atoms. The Labute approximate surface area is 57.1 Å². The minimum atomic E-state index is 0. The third-order valence-electron chi connectivity index (χ3n) is 0. The summed E-state index contributed by atoms with van der Waals surface area (Å²) >= 11 is 0. The summed E-state index contributed by atoms with van der Waals surface area (Å²) in [5.74, 6) is 0. The number of nitrogens with two attached hydrogens (primary N) is 6. The van der Waals surface area contributed by atoms with E-state index in [2.05, 4.69) is 0 Å². The predicted octanol–water partition coefficient (Wildman–Crippen LogP) is 4.30. The van der Waals surface area contributed by atoms with Gasteiger partial charge in [-0.3, -0.25) is 0 Å². The van der Waals surface area contributed by atoms with Gasteiger partial charge in [-0.25, -0.2) is 0 Å². The van der Waals surface area contributed by atoms with Crippen LogP contribution in [0.15, 0.2) is 0 Å². The fourth-order valence-corrected chi connectivity index (χ4v) is 0. The van der Waals surface area contributed by atoms with Crippen molar-refractivity contribution in [2.75, 3.05) is 0 Å². The van der Waals surface area contributed by atoms with Crippen LogP contribution in [0.1, 0.15) is 0 Å². The van der Waals surface area contributed by atoms with E-state index < -0.39 is 0 Å². The second kappa shape index (κ2) is 1260. The maximum Gasteiger partial charge on any atom is 0 e. The van der Waals surface area contributed by atoms with Crippen molar-refractivity contribution < 1.29 is 19.5 Å². The molecule has 0 bridgehead atoms. The largest absolute Gasteiger partial charge is 0.693 e. The molecule has 7 heteroatoms. The van der Waals surface area contributed by atoms with Crippen LogP contribution in [-0.4, -0.2) is 0 Å². The molecule has 0 fully saturated rings. The zero-order chi connectivity index (χ0) is 0. The van der Waals surface area contributed by atoms with Crippen LogP contribution in [0.2, 0.25) is 0 Å². The molecule has 0 unspecified atom stereocenters. The summed E-state index contributed by atoms with van der Waals surface area (Å²) in [4.78, 5) is 0. The van der Waals surface area contributed by atoms with Gasteiger partial charge in [-0.2, -0.15) is 0 Å². The Morgan fingerprint density at radius 2 is 0.286 bits per heavy atom. The predicted molar refractivity (Wildman–Crippen MR) is 31.7 cm³/mol. The smallest absolute Gasteiger partial charge is 0 e. The van der Waals surface area contributed by atoms with Crippen molar-refractivity contribution in [2.24, 2.45) is 0 Å². The van der Waals surface area contributed by atoms with E-state index in [0.29, 0.717) is 0 Å². The average molecular weight is 199 g/mol. The standard InChI is InChI=1S/6H2N.Rh/h6*1H2;/q6*-1;. The van der Waals surface area contributed by atoms with Gasteiger partial charge >= 0.3 is 0 Å². The molecule has 0 atom stereocenters. The molecule has 0 spiro atoms. The van der Waals surface area contributed by atoms with E-state index in [1.807, 2.05) is 0 Å². The Hall–Kier alpha value is 0.383. The van der Waals surface area contributed by atoms with E-state index in [4.69, 9.17) is 0 Å². The minimum Gasteiger partial charge on any atom is -0.693 e. The van der Waals surface area contributed by atoms with Gasteiger partial charge in [-0.05, 0) is 0 Å². The summed E-state index contributed by atoms with van der Waals surface area (Å²) in [5, 5.41) is 0. The third kappa shape index (κ3) is 834. The molecule has 6 nitrogen and oxygen atoms in total. The molecular weight excluding hydrogens is 187 g/mol. The van der Waals surface area contributed by atoms with Gasteiger partial charge in [0.15, 0.2) is 0 Å². The summed E-state index contributed by atoms with van der Waals surface area (Å²) in [6.07, 6.45) is 0. The zero-order valence-corrected chi connectivity index (χ0v) is 5.44. The monoisotopic (exact) mass is 199 g/mol. The quantitative estimate of drug-likeness (QED) is 0.500. The van der Waals surface area contributed by atoms with Crippen molar-refractivity contribution in [3.05, 3.63) is 36.9 Å². The molecular formula is H12N6Rh-6. The molecule has 1 radical (unpaired) electrons. The van der Waals surface area contributed by atoms with Crippen LogP contribution < -0.4 is 0 Å². The van der Waals surface area contributed by atoms with Crippen molar-refractivity contribution in [2.45, 2.75) is 0 Å². The van der Waals surface area contributed by atoms with Gasteiger partial charge < -0.3 is 36.9 Å². The van der Waals surface area contributed by atoms with Crippen LogP contribution in [0.4, 0.5) is 0 Å². The van der Waals surface area contributed by atoms with E-state index in [9.17, 15) is 0 Å². The maximum atomic E-state index is 0. The van der Waals surface area contributed by atoms with Crippen molar-refractivity contribution in [1.29, 1.82) is 0 Å². The Morgan fingerprint density at radius 1 is 0.286 bits per heavy atom. The van der Waals surface area contributed by atoms with E-state index in [0.717, 1.165) is 0 Å².